The fourth-order valence-electron chi connectivity index (χ4n) is 2.32. The molecule has 0 spiro atoms. The van der Waals surface area contributed by atoms with Crippen LogP contribution in [0.2, 0.25) is 0 Å². The highest BCUT2D eigenvalue weighted by Crippen LogP contribution is 2.25. The topological polar surface area (TPSA) is 17.8 Å². The van der Waals surface area contributed by atoms with E-state index in [1.54, 1.807) is 0 Å². The van der Waals surface area contributed by atoms with Crippen LogP contribution in [-0.2, 0) is 6.54 Å². The standard InChI is InChI=1S/C15H21ClN2/c1-4-5-6-9-18-14-8-7-11(2)10-13(14)17-15(18)12(3)16/h7-8,10,12H,4-6,9H2,1-3H3. The van der Waals surface area contributed by atoms with E-state index in [2.05, 4.69) is 41.6 Å². The summed E-state index contributed by atoms with van der Waals surface area (Å²) in [5, 5.41) is -0.0423. The molecular formula is C15H21ClN2. The predicted molar refractivity (Wildman–Crippen MR) is 78.3 cm³/mol. The Bertz CT molecular complexity index is 529. The minimum Gasteiger partial charge on any atom is -0.327 e. The highest BCUT2D eigenvalue weighted by Gasteiger charge is 2.14. The van der Waals surface area contributed by atoms with Gasteiger partial charge in [-0.05, 0) is 38.0 Å². The summed E-state index contributed by atoms with van der Waals surface area (Å²) in [7, 11) is 0. The molecule has 0 amide bonds. The van der Waals surface area contributed by atoms with Crippen molar-refractivity contribution in [1.82, 2.24) is 9.55 Å². The van der Waals surface area contributed by atoms with Gasteiger partial charge in [-0.15, -0.1) is 11.6 Å². The summed E-state index contributed by atoms with van der Waals surface area (Å²) >= 11 is 6.25. The lowest BCUT2D eigenvalue weighted by Crippen LogP contribution is -2.04. The molecule has 0 saturated carbocycles. The number of imidazole rings is 1. The normalized spacial score (nSPS) is 13.1. The third kappa shape index (κ3) is 2.69. The number of nitrogens with zero attached hydrogens (tertiary/aromatic N) is 2. The number of benzene rings is 1. The van der Waals surface area contributed by atoms with Crippen molar-refractivity contribution in [1.29, 1.82) is 0 Å². The van der Waals surface area contributed by atoms with Gasteiger partial charge in [-0.25, -0.2) is 4.98 Å². The predicted octanol–water partition coefficient (Wildman–Crippen LogP) is 4.83. The van der Waals surface area contributed by atoms with E-state index in [-0.39, 0.29) is 5.38 Å². The van der Waals surface area contributed by atoms with Crippen molar-refractivity contribution in [2.45, 2.75) is 52.0 Å². The minimum absolute atomic E-state index is 0.0423. The van der Waals surface area contributed by atoms with Gasteiger partial charge < -0.3 is 4.57 Å². The first-order valence-corrected chi connectivity index (χ1v) is 7.18. The van der Waals surface area contributed by atoms with Crippen molar-refractivity contribution < 1.29 is 0 Å². The number of rotatable bonds is 5. The Morgan fingerprint density at radius 2 is 2.11 bits per heavy atom. The molecule has 2 rings (SSSR count). The van der Waals surface area contributed by atoms with Crippen LogP contribution in [0.1, 0.15) is 49.9 Å². The van der Waals surface area contributed by atoms with Crippen LogP contribution in [0, 0.1) is 6.92 Å². The van der Waals surface area contributed by atoms with Crippen LogP contribution < -0.4 is 0 Å². The molecule has 1 heterocycles. The number of hydrogen-bond donors (Lipinski definition) is 0. The molecule has 1 unspecified atom stereocenters. The Kier molecular flexibility index (Phi) is 4.28. The van der Waals surface area contributed by atoms with Crippen molar-refractivity contribution in [3.05, 3.63) is 29.6 Å². The van der Waals surface area contributed by atoms with Gasteiger partial charge in [0.2, 0.25) is 0 Å². The number of halogens is 1. The quantitative estimate of drug-likeness (QED) is 0.558. The van der Waals surface area contributed by atoms with E-state index >= 15 is 0 Å². The lowest BCUT2D eigenvalue weighted by molar-refractivity contribution is 0.591. The Morgan fingerprint density at radius 3 is 2.78 bits per heavy atom. The zero-order valence-corrected chi connectivity index (χ0v) is 12.2. The van der Waals surface area contributed by atoms with E-state index in [4.69, 9.17) is 11.6 Å². The number of aryl methyl sites for hydroxylation is 2. The fraction of sp³-hybridized carbons (Fsp3) is 0.533. The Labute approximate surface area is 114 Å². The lowest BCUT2D eigenvalue weighted by atomic mass is 10.2. The number of hydrogen-bond acceptors (Lipinski definition) is 1. The van der Waals surface area contributed by atoms with Gasteiger partial charge in [0.25, 0.3) is 0 Å². The summed E-state index contributed by atoms with van der Waals surface area (Å²) in [6.07, 6.45) is 3.67. The summed E-state index contributed by atoms with van der Waals surface area (Å²) in [6.45, 7) is 7.32. The monoisotopic (exact) mass is 264 g/mol. The van der Waals surface area contributed by atoms with Crippen molar-refractivity contribution in [2.24, 2.45) is 0 Å². The zero-order valence-electron chi connectivity index (χ0n) is 11.4. The Hall–Kier alpha value is -1.02. The Morgan fingerprint density at radius 1 is 1.33 bits per heavy atom. The first-order valence-electron chi connectivity index (χ1n) is 6.74. The minimum atomic E-state index is -0.0423. The molecule has 0 aliphatic rings. The van der Waals surface area contributed by atoms with Gasteiger partial charge in [-0.2, -0.15) is 0 Å². The average Bonchev–Trinajstić information content (AvgIpc) is 2.68. The third-order valence-corrected chi connectivity index (χ3v) is 3.47. The van der Waals surface area contributed by atoms with Gasteiger partial charge >= 0.3 is 0 Å². The zero-order chi connectivity index (χ0) is 13.1. The molecule has 2 aromatic rings. The largest absolute Gasteiger partial charge is 0.327 e. The molecule has 0 saturated heterocycles. The van der Waals surface area contributed by atoms with Crippen molar-refractivity contribution in [3.63, 3.8) is 0 Å². The molecule has 3 heteroatoms. The van der Waals surface area contributed by atoms with Gasteiger partial charge in [-0.3, -0.25) is 0 Å². The van der Waals surface area contributed by atoms with Crippen LogP contribution >= 0.6 is 11.6 Å². The molecule has 18 heavy (non-hydrogen) atoms. The molecule has 0 N–H and O–H groups in total. The molecule has 2 nitrogen and oxygen atoms in total. The summed E-state index contributed by atoms with van der Waals surface area (Å²) in [5.41, 5.74) is 3.52. The first-order chi connectivity index (χ1) is 8.63. The SMILES string of the molecule is CCCCCn1c(C(C)Cl)nc2cc(C)ccc21. The van der Waals surface area contributed by atoms with Crippen LogP contribution in [-0.4, -0.2) is 9.55 Å². The van der Waals surface area contributed by atoms with Crippen LogP contribution in [0.4, 0.5) is 0 Å². The van der Waals surface area contributed by atoms with Gasteiger partial charge in [0, 0.05) is 6.54 Å². The molecule has 1 aromatic carbocycles. The van der Waals surface area contributed by atoms with Crippen molar-refractivity contribution in [3.8, 4) is 0 Å². The van der Waals surface area contributed by atoms with Crippen LogP contribution in [0.25, 0.3) is 11.0 Å². The van der Waals surface area contributed by atoms with Gasteiger partial charge in [0.05, 0.1) is 16.4 Å². The van der Waals surface area contributed by atoms with Crippen LogP contribution in [0.3, 0.4) is 0 Å². The summed E-state index contributed by atoms with van der Waals surface area (Å²) < 4.78 is 2.28. The van der Waals surface area contributed by atoms with Crippen molar-refractivity contribution in [2.75, 3.05) is 0 Å². The van der Waals surface area contributed by atoms with E-state index in [0.29, 0.717) is 0 Å². The summed E-state index contributed by atoms with van der Waals surface area (Å²) in [4.78, 5) is 4.68. The Balaban J connectivity index is 2.42. The van der Waals surface area contributed by atoms with Gasteiger partial charge in [-0.1, -0.05) is 25.8 Å². The van der Waals surface area contributed by atoms with E-state index in [1.807, 2.05) is 6.92 Å². The maximum absolute atomic E-state index is 6.25. The maximum atomic E-state index is 6.25. The fourth-order valence-corrected chi connectivity index (χ4v) is 2.48. The summed E-state index contributed by atoms with van der Waals surface area (Å²) in [5.74, 6) is 0.994. The second-order valence-electron chi connectivity index (χ2n) is 4.94. The van der Waals surface area contributed by atoms with E-state index < -0.39 is 0 Å². The molecule has 0 fully saturated rings. The van der Waals surface area contributed by atoms with Gasteiger partial charge in [0.15, 0.2) is 0 Å². The lowest BCUT2D eigenvalue weighted by Gasteiger charge is -2.10. The van der Waals surface area contributed by atoms with Crippen LogP contribution in [0.5, 0.6) is 0 Å². The first kappa shape index (κ1) is 13.4. The highest BCUT2D eigenvalue weighted by atomic mass is 35.5. The number of aromatic nitrogens is 2. The molecule has 0 bridgehead atoms. The number of unbranched alkanes of at least 4 members (excludes halogenated alkanes) is 2. The molecule has 98 valence electrons. The number of alkyl halides is 1. The highest BCUT2D eigenvalue weighted by molar-refractivity contribution is 6.20. The number of fused-ring (bicyclic) bond motifs is 1. The molecule has 0 aliphatic heterocycles. The molecule has 1 atom stereocenters. The smallest absolute Gasteiger partial charge is 0.127 e. The van der Waals surface area contributed by atoms with Gasteiger partial charge in [0.1, 0.15) is 5.82 Å². The molecular weight excluding hydrogens is 244 g/mol. The van der Waals surface area contributed by atoms with Crippen LogP contribution in [0.15, 0.2) is 18.2 Å². The maximum Gasteiger partial charge on any atom is 0.127 e. The van der Waals surface area contributed by atoms with E-state index in [0.717, 1.165) is 17.9 Å². The second-order valence-corrected chi connectivity index (χ2v) is 5.59. The van der Waals surface area contributed by atoms with Crippen molar-refractivity contribution >= 4 is 22.6 Å². The molecule has 1 aromatic heterocycles. The average molecular weight is 265 g/mol. The van der Waals surface area contributed by atoms with E-state index in [9.17, 15) is 0 Å². The molecule has 0 radical (unpaired) electrons. The summed E-state index contributed by atoms with van der Waals surface area (Å²) in [6, 6.07) is 6.43. The van der Waals surface area contributed by atoms with E-state index in [1.165, 1.54) is 30.3 Å². The third-order valence-electron chi connectivity index (χ3n) is 3.27. The second kappa shape index (κ2) is 5.75. The molecule has 0 aliphatic carbocycles.